The number of ketones is 1. The fourth-order valence-corrected chi connectivity index (χ4v) is 7.00. The Labute approximate surface area is 261 Å². The molecule has 0 aromatic heterocycles. The summed E-state index contributed by atoms with van der Waals surface area (Å²) in [5.74, 6) is -0.542. The van der Waals surface area contributed by atoms with Crippen LogP contribution in [0.2, 0.25) is 0 Å². The first kappa shape index (κ1) is 34.8. The topological polar surface area (TPSA) is 66.8 Å². The van der Waals surface area contributed by atoms with E-state index < -0.39 is 5.97 Å². The van der Waals surface area contributed by atoms with Gasteiger partial charge < -0.3 is 9.84 Å². The second-order valence-electron chi connectivity index (χ2n) is 12.5. The summed E-state index contributed by atoms with van der Waals surface area (Å²) in [7, 11) is 0. The maximum atomic E-state index is 13.8. The second-order valence-corrected chi connectivity index (χ2v) is 12.5. The predicted octanol–water partition coefficient (Wildman–Crippen LogP) is 9.84. The van der Waals surface area contributed by atoms with E-state index in [0.717, 1.165) is 70.0 Å². The number of carbonyl (C=O) groups is 2. The van der Waals surface area contributed by atoms with Crippen molar-refractivity contribution in [2.45, 2.75) is 130 Å². The van der Waals surface area contributed by atoms with Crippen molar-refractivity contribution < 1.29 is 19.4 Å². The molecule has 5 heteroatoms. The number of phenolic OH excluding ortho intramolecular Hbond substituents is 1. The highest BCUT2D eigenvalue weighted by molar-refractivity contribution is 6.15. The SMILES string of the molecule is CCCCC(CC)COC(=O)c1ccccc1C(=O)c1ccc(C2(N(CC)CC)CCCCCCCCCCC2)cc1O. The third-order valence-electron chi connectivity index (χ3n) is 9.71. The molecule has 0 radical (unpaired) electrons. The minimum absolute atomic E-state index is 0.0195. The van der Waals surface area contributed by atoms with E-state index in [4.69, 9.17) is 4.74 Å². The highest BCUT2D eigenvalue weighted by Crippen LogP contribution is 2.41. The van der Waals surface area contributed by atoms with Gasteiger partial charge in [-0.25, -0.2) is 4.79 Å². The zero-order valence-corrected chi connectivity index (χ0v) is 27.5. The minimum Gasteiger partial charge on any atom is -0.507 e. The summed E-state index contributed by atoms with van der Waals surface area (Å²) < 4.78 is 5.70. The molecule has 2 aromatic carbocycles. The van der Waals surface area contributed by atoms with Crippen molar-refractivity contribution in [1.29, 1.82) is 0 Å². The Hall–Kier alpha value is -2.66. The van der Waals surface area contributed by atoms with Crippen molar-refractivity contribution in [2.75, 3.05) is 19.7 Å². The minimum atomic E-state index is -0.483. The number of unbranched alkanes of at least 4 members (excludes halogenated alkanes) is 1. The van der Waals surface area contributed by atoms with Gasteiger partial charge in [-0.05, 0) is 62.0 Å². The molecule has 238 valence electrons. The molecule has 2 aromatic rings. The quantitative estimate of drug-likeness (QED) is 0.185. The Morgan fingerprint density at radius 3 is 1.93 bits per heavy atom. The predicted molar refractivity (Wildman–Crippen MR) is 177 cm³/mol. The van der Waals surface area contributed by atoms with Gasteiger partial charge in [0, 0.05) is 11.1 Å². The highest BCUT2D eigenvalue weighted by atomic mass is 16.5. The van der Waals surface area contributed by atoms with Crippen LogP contribution in [0, 0.1) is 5.92 Å². The Morgan fingerprint density at radius 2 is 1.40 bits per heavy atom. The van der Waals surface area contributed by atoms with E-state index >= 15 is 0 Å². The summed E-state index contributed by atoms with van der Waals surface area (Å²) in [5, 5.41) is 11.4. The Balaban J connectivity index is 1.90. The first-order valence-electron chi connectivity index (χ1n) is 17.3. The standard InChI is InChI=1S/C38H57NO4/c1-5-9-21-30(6-2)29-43-37(42)33-23-18-17-22-32(33)36(41)34-25-24-31(28-35(34)40)38(39(7-3)8-4)26-19-15-13-11-10-12-14-16-20-27-38/h17-18,22-25,28,30,40H,5-16,19-21,26-27,29H2,1-4H3. The molecule has 1 aliphatic carbocycles. The molecule has 0 amide bonds. The summed E-state index contributed by atoms with van der Waals surface area (Å²) in [6.45, 7) is 10.9. The number of phenols is 1. The van der Waals surface area contributed by atoms with Crippen molar-refractivity contribution >= 4 is 11.8 Å². The fourth-order valence-electron chi connectivity index (χ4n) is 7.00. The lowest BCUT2D eigenvalue weighted by Crippen LogP contribution is -2.46. The van der Waals surface area contributed by atoms with Gasteiger partial charge in [0.25, 0.3) is 0 Å². The number of ether oxygens (including phenoxy) is 1. The van der Waals surface area contributed by atoms with Crippen molar-refractivity contribution in [3.05, 3.63) is 64.7 Å². The third-order valence-corrected chi connectivity index (χ3v) is 9.71. The molecular weight excluding hydrogens is 534 g/mol. The summed E-state index contributed by atoms with van der Waals surface area (Å²) in [6, 6.07) is 12.5. The molecular formula is C38H57NO4. The zero-order valence-electron chi connectivity index (χ0n) is 27.5. The Bertz CT molecular complexity index is 1130. The van der Waals surface area contributed by atoms with Gasteiger partial charge in [0.05, 0.1) is 17.7 Å². The van der Waals surface area contributed by atoms with E-state index in [1.54, 1.807) is 30.3 Å². The molecule has 1 atom stereocenters. The van der Waals surface area contributed by atoms with Crippen molar-refractivity contribution in [3.63, 3.8) is 0 Å². The average molecular weight is 592 g/mol. The van der Waals surface area contributed by atoms with Crippen molar-refractivity contribution in [3.8, 4) is 5.75 Å². The largest absolute Gasteiger partial charge is 0.507 e. The van der Waals surface area contributed by atoms with Crippen LogP contribution >= 0.6 is 0 Å². The van der Waals surface area contributed by atoms with Gasteiger partial charge in [-0.3, -0.25) is 9.69 Å². The molecule has 1 N–H and O–H groups in total. The second kappa shape index (κ2) is 18.2. The highest BCUT2D eigenvalue weighted by Gasteiger charge is 2.37. The summed E-state index contributed by atoms with van der Waals surface area (Å²) in [5.41, 5.74) is 1.66. The van der Waals surface area contributed by atoms with Crippen LogP contribution in [-0.4, -0.2) is 41.5 Å². The van der Waals surface area contributed by atoms with E-state index in [2.05, 4.69) is 38.7 Å². The monoisotopic (exact) mass is 591 g/mol. The number of benzene rings is 2. The van der Waals surface area contributed by atoms with Crippen LogP contribution in [0.25, 0.3) is 0 Å². The fraction of sp³-hybridized carbons (Fsp3) is 0.632. The van der Waals surface area contributed by atoms with E-state index in [1.807, 2.05) is 6.07 Å². The molecule has 0 spiro atoms. The van der Waals surface area contributed by atoms with Crippen LogP contribution in [0.1, 0.15) is 156 Å². The van der Waals surface area contributed by atoms with Crippen LogP contribution in [0.4, 0.5) is 0 Å². The van der Waals surface area contributed by atoms with Crippen LogP contribution in [0.5, 0.6) is 5.75 Å². The van der Waals surface area contributed by atoms with Crippen LogP contribution in [0.15, 0.2) is 42.5 Å². The lowest BCUT2D eigenvalue weighted by Gasteiger charge is -2.45. The molecule has 1 unspecified atom stereocenters. The molecule has 0 saturated heterocycles. The first-order chi connectivity index (χ1) is 20.9. The Kier molecular flexibility index (Phi) is 14.8. The summed E-state index contributed by atoms with van der Waals surface area (Å²) in [4.78, 5) is 29.5. The van der Waals surface area contributed by atoms with E-state index in [0.29, 0.717) is 12.5 Å². The number of carbonyl (C=O) groups excluding carboxylic acids is 2. The molecule has 1 aliphatic rings. The zero-order chi connectivity index (χ0) is 31.1. The molecule has 5 nitrogen and oxygen atoms in total. The number of esters is 1. The van der Waals surface area contributed by atoms with E-state index in [-0.39, 0.29) is 33.8 Å². The van der Waals surface area contributed by atoms with Gasteiger partial charge in [-0.1, -0.05) is 129 Å². The summed E-state index contributed by atoms with van der Waals surface area (Å²) in [6.07, 6.45) is 17.6. The number of nitrogens with zero attached hydrogens (tertiary/aromatic N) is 1. The van der Waals surface area contributed by atoms with Crippen molar-refractivity contribution in [2.24, 2.45) is 5.92 Å². The maximum Gasteiger partial charge on any atom is 0.338 e. The lowest BCUT2D eigenvalue weighted by molar-refractivity contribution is 0.0425. The molecule has 43 heavy (non-hydrogen) atoms. The van der Waals surface area contributed by atoms with Crippen molar-refractivity contribution in [1.82, 2.24) is 4.90 Å². The Morgan fingerprint density at radius 1 is 0.814 bits per heavy atom. The molecule has 0 aliphatic heterocycles. The van der Waals surface area contributed by atoms with Gasteiger partial charge in [-0.15, -0.1) is 0 Å². The third kappa shape index (κ3) is 9.41. The number of hydrogen-bond donors (Lipinski definition) is 1. The van der Waals surface area contributed by atoms with Gasteiger partial charge in [-0.2, -0.15) is 0 Å². The summed E-state index contributed by atoms with van der Waals surface area (Å²) >= 11 is 0. The molecule has 1 saturated carbocycles. The number of rotatable bonds is 13. The maximum absolute atomic E-state index is 13.8. The normalized spacial score (nSPS) is 17.0. The molecule has 0 bridgehead atoms. The molecule has 1 fully saturated rings. The van der Waals surface area contributed by atoms with Gasteiger partial charge >= 0.3 is 5.97 Å². The number of hydrogen-bond acceptors (Lipinski definition) is 5. The lowest BCUT2D eigenvalue weighted by atomic mass is 9.77. The smallest absolute Gasteiger partial charge is 0.338 e. The first-order valence-corrected chi connectivity index (χ1v) is 17.3. The molecule has 3 rings (SSSR count). The average Bonchev–Trinajstić information content (AvgIpc) is 3.02. The van der Waals surface area contributed by atoms with Crippen LogP contribution < -0.4 is 0 Å². The van der Waals surface area contributed by atoms with Gasteiger partial charge in [0.15, 0.2) is 5.78 Å². The van der Waals surface area contributed by atoms with Crippen LogP contribution in [-0.2, 0) is 10.3 Å². The molecule has 0 heterocycles. The van der Waals surface area contributed by atoms with Crippen LogP contribution in [0.3, 0.4) is 0 Å². The number of aromatic hydroxyl groups is 1. The van der Waals surface area contributed by atoms with Gasteiger partial charge in [0.1, 0.15) is 5.75 Å². The van der Waals surface area contributed by atoms with E-state index in [9.17, 15) is 14.7 Å². The van der Waals surface area contributed by atoms with E-state index in [1.165, 1.54) is 44.9 Å². The van der Waals surface area contributed by atoms with Gasteiger partial charge in [0.2, 0.25) is 0 Å².